The number of methoxy groups -OCH3 is 1. The molecule has 0 N–H and O–H groups in total. The predicted octanol–water partition coefficient (Wildman–Crippen LogP) is 5.54. The summed E-state index contributed by atoms with van der Waals surface area (Å²) >= 11 is 9.73. The van der Waals surface area contributed by atoms with Gasteiger partial charge in [0.2, 0.25) is 5.89 Å². The second-order valence-corrected chi connectivity index (χ2v) is 6.05. The van der Waals surface area contributed by atoms with Crippen molar-refractivity contribution in [3.8, 4) is 17.2 Å². The Morgan fingerprint density at radius 3 is 2.67 bits per heavy atom. The lowest BCUT2D eigenvalue weighted by atomic mass is 10.1. The van der Waals surface area contributed by atoms with Crippen LogP contribution in [0.2, 0.25) is 5.02 Å². The molecule has 0 spiro atoms. The normalized spacial score (nSPS) is 11.1. The molecule has 0 saturated carbocycles. The van der Waals surface area contributed by atoms with Gasteiger partial charge in [0.15, 0.2) is 5.58 Å². The quantitative estimate of drug-likeness (QED) is 0.597. The Morgan fingerprint density at radius 2 is 2.00 bits per heavy atom. The number of benzene rings is 2. The molecule has 5 heteroatoms. The summed E-state index contributed by atoms with van der Waals surface area (Å²) in [5.74, 6) is 1.17. The van der Waals surface area contributed by atoms with Crippen LogP contribution in [0.25, 0.3) is 22.6 Å². The monoisotopic (exact) mass is 365 g/mol. The zero-order valence-electron chi connectivity index (χ0n) is 11.8. The van der Waals surface area contributed by atoms with Crippen molar-refractivity contribution >= 4 is 38.6 Å². The Kier molecular flexibility index (Phi) is 3.68. The lowest BCUT2D eigenvalue weighted by Crippen LogP contribution is -1.85. The molecular weight excluding hydrogens is 354 g/mol. The third-order valence-corrected chi connectivity index (χ3v) is 4.78. The summed E-state index contributed by atoms with van der Waals surface area (Å²) in [4.78, 5) is 4.55. The van der Waals surface area contributed by atoms with Crippen LogP contribution < -0.4 is 4.74 Å². The van der Waals surface area contributed by atoms with Gasteiger partial charge in [-0.1, -0.05) is 11.6 Å². The van der Waals surface area contributed by atoms with Crippen LogP contribution in [0.3, 0.4) is 0 Å². The summed E-state index contributed by atoms with van der Waals surface area (Å²) in [6.45, 7) is 4.10. The van der Waals surface area contributed by atoms with E-state index in [9.17, 15) is 0 Å². The van der Waals surface area contributed by atoms with Gasteiger partial charge < -0.3 is 9.15 Å². The molecule has 0 fully saturated rings. The summed E-state index contributed by atoms with van der Waals surface area (Å²) in [6.07, 6.45) is 0. The van der Waals surface area contributed by atoms with Gasteiger partial charge >= 0.3 is 0 Å². The van der Waals surface area contributed by atoms with Crippen LogP contribution in [0.4, 0.5) is 0 Å². The SMILES string of the molecule is COc1ccc(-c2nc3cc(C)c(C)c(Br)c3o2)cc1Cl. The zero-order valence-corrected chi connectivity index (χ0v) is 14.2. The first-order valence-corrected chi connectivity index (χ1v) is 7.58. The summed E-state index contributed by atoms with van der Waals surface area (Å²) < 4.78 is 12.0. The molecule has 0 aliphatic rings. The number of rotatable bonds is 2. The van der Waals surface area contributed by atoms with E-state index in [0.29, 0.717) is 16.7 Å². The minimum absolute atomic E-state index is 0.531. The van der Waals surface area contributed by atoms with Gasteiger partial charge in [0.25, 0.3) is 0 Å². The van der Waals surface area contributed by atoms with Crippen molar-refractivity contribution in [2.75, 3.05) is 7.11 Å². The molecule has 1 heterocycles. The van der Waals surface area contributed by atoms with Crippen LogP contribution >= 0.6 is 27.5 Å². The van der Waals surface area contributed by atoms with E-state index in [1.54, 1.807) is 19.2 Å². The fraction of sp³-hybridized carbons (Fsp3) is 0.188. The predicted molar refractivity (Wildman–Crippen MR) is 88.2 cm³/mol. The van der Waals surface area contributed by atoms with Gasteiger partial charge in [0, 0.05) is 5.56 Å². The first-order chi connectivity index (χ1) is 10.0. The number of hydrogen-bond acceptors (Lipinski definition) is 3. The molecule has 0 saturated heterocycles. The highest BCUT2D eigenvalue weighted by atomic mass is 79.9. The topological polar surface area (TPSA) is 35.3 Å². The molecule has 0 bridgehead atoms. The Labute approximate surface area is 136 Å². The van der Waals surface area contributed by atoms with E-state index in [1.807, 2.05) is 19.1 Å². The van der Waals surface area contributed by atoms with Crippen molar-refractivity contribution in [2.24, 2.45) is 0 Å². The fourth-order valence-electron chi connectivity index (χ4n) is 2.17. The Bertz CT molecular complexity index is 842. The van der Waals surface area contributed by atoms with Crippen LogP contribution in [-0.2, 0) is 0 Å². The highest BCUT2D eigenvalue weighted by Gasteiger charge is 2.15. The minimum atomic E-state index is 0.531. The number of halogens is 2. The molecule has 2 aromatic carbocycles. The number of hydrogen-bond donors (Lipinski definition) is 0. The molecule has 0 aliphatic heterocycles. The highest BCUT2D eigenvalue weighted by Crippen LogP contribution is 2.35. The van der Waals surface area contributed by atoms with Gasteiger partial charge in [0.1, 0.15) is 11.3 Å². The van der Waals surface area contributed by atoms with Gasteiger partial charge in [-0.25, -0.2) is 4.98 Å². The minimum Gasteiger partial charge on any atom is -0.495 e. The van der Waals surface area contributed by atoms with E-state index in [1.165, 1.54) is 5.56 Å². The van der Waals surface area contributed by atoms with E-state index in [4.69, 9.17) is 20.8 Å². The summed E-state index contributed by atoms with van der Waals surface area (Å²) in [6, 6.07) is 7.49. The number of oxazole rings is 1. The number of nitrogens with zero attached hydrogens (tertiary/aromatic N) is 1. The molecule has 3 nitrogen and oxygen atoms in total. The molecule has 3 aromatic rings. The zero-order chi connectivity index (χ0) is 15.1. The molecule has 1 aromatic heterocycles. The average molecular weight is 367 g/mol. The highest BCUT2D eigenvalue weighted by molar-refractivity contribution is 9.10. The molecular formula is C16H13BrClNO2. The van der Waals surface area contributed by atoms with E-state index in [0.717, 1.165) is 26.7 Å². The molecule has 0 radical (unpaired) electrons. The number of aryl methyl sites for hydroxylation is 1. The van der Waals surface area contributed by atoms with Gasteiger partial charge in [-0.05, 0) is 65.2 Å². The summed E-state index contributed by atoms with van der Waals surface area (Å²) in [5.41, 5.74) is 4.71. The third-order valence-electron chi connectivity index (χ3n) is 3.53. The van der Waals surface area contributed by atoms with Crippen molar-refractivity contribution < 1.29 is 9.15 Å². The molecule has 0 amide bonds. The third kappa shape index (κ3) is 2.43. The van der Waals surface area contributed by atoms with E-state index < -0.39 is 0 Å². The van der Waals surface area contributed by atoms with Crippen molar-refractivity contribution in [1.82, 2.24) is 4.98 Å². The number of fused-ring (bicyclic) bond motifs is 1. The smallest absolute Gasteiger partial charge is 0.227 e. The first kappa shape index (κ1) is 14.4. The molecule has 108 valence electrons. The molecule has 0 aliphatic carbocycles. The lowest BCUT2D eigenvalue weighted by Gasteiger charge is -2.03. The van der Waals surface area contributed by atoms with Crippen LogP contribution in [0, 0.1) is 13.8 Å². The van der Waals surface area contributed by atoms with Crippen molar-refractivity contribution in [1.29, 1.82) is 0 Å². The van der Waals surface area contributed by atoms with E-state index >= 15 is 0 Å². The molecule has 3 rings (SSSR count). The molecule has 21 heavy (non-hydrogen) atoms. The molecule has 0 atom stereocenters. The number of ether oxygens (including phenoxy) is 1. The largest absolute Gasteiger partial charge is 0.495 e. The van der Waals surface area contributed by atoms with Crippen molar-refractivity contribution in [3.63, 3.8) is 0 Å². The van der Waals surface area contributed by atoms with E-state index in [-0.39, 0.29) is 0 Å². The maximum atomic E-state index is 6.16. The maximum absolute atomic E-state index is 6.16. The standard InChI is InChI=1S/C16H13BrClNO2/c1-8-6-12-15(14(17)9(8)2)21-16(19-12)10-4-5-13(20-3)11(18)7-10/h4-7H,1-3H3. The second kappa shape index (κ2) is 5.35. The second-order valence-electron chi connectivity index (χ2n) is 4.85. The van der Waals surface area contributed by atoms with Gasteiger partial charge in [-0.3, -0.25) is 0 Å². The Balaban J connectivity index is 2.17. The fourth-order valence-corrected chi connectivity index (χ4v) is 3.02. The number of aromatic nitrogens is 1. The Morgan fingerprint density at radius 1 is 1.24 bits per heavy atom. The summed E-state index contributed by atoms with van der Waals surface area (Å²) in [5, 5.41) is 0.531. The summed E-state index contributed by atoms with van der Waals surface area (Å²) in [7, 11) is 1.59. The maximum Gasteiger partial charge on any atom is 0.227 e. The Hall–Kier alpha value is -1.52. The molecule has 0 unspecified atom stereocenters. The van der Waals surface area contributed by atoms with Gasteiger partial charge in [-0.2, -0.15) is 0 Å². The van der Waals surface area contributed by atoms with Crippen LogP contribution in [-0.4, -0.2) is 12.1 Å². The average Bonchev–Trinajstić information content (AvgIpc) is 2.89. The van der Waals surface area contributed by atoms with E-state index in [2.05, 4.69) is 27.8 Å². The van der Waals surface area contributed by atoms with Gasteiger partial charge in [-0.15, -0.1) is 0 Å². The van der Waals surface area contributed by atoms with Crippen LogP contribution in [0.5, 0.6) is 5.75 Å². The van der Waals surface area contributed by atoms with Crippen molar-refractivity contribution in [3.05, 3.63) is 44.9 Å². The lowest BCUT2D eigenvalue weighted by molar-refractivity contribution is 0.415. The first-order valence-electron chi connectivity index (χ1n) is 6.41. The van der Waals surface area contributed by atoms with Gasteiger partial charge in [0.05, 0.1) is 16.6 Å². The van der Waals surface area contributed by atoms with Crippen molar-refractivity contribution in [2.45, 2.75) is 13.8 Å². The van der Waals surface area contributed by atoms with Crippen LogP contribution in [0.15, 0.2) is 33.2 Å². The van der Waals surface area contributed by atoms with Crippen LogP contribution in [0.1, 0.15) is 11.1 Å².